The Kier molecular flexibility index (Phi) is 2.85. The van der Waals surface area contributed by atoms with Gasteiger partial charge in [0.2, 0.25) is 0 Å². The van der Waals surface area contributed by atoms with Gasteiger partial charge in [-0.2, -0.15) is 18.3 Å². The van der Waals surface area contributed by atoms with Crippen molar-refractivity contribution in [3.63, 3.8) is 0 Å². The minimum atomic E-state index is -4.30. The van der Waals surface area contributed by atoms with Crippen LogP contribution in [0.15, 0.2) is 6.07 Å². The topological polar surface area (TPSA) is 19.7 Å². The molecular formula is C10H16F3N2+. The van der Waals surface area contributed by atoms with Gasteiger partial charge in [0.15, 0.2) is 6.54 Å². The molecule has 2 nitrogen and oxygen atoms in total. The first-order valence-corrected chi connectivity index (χ1v) is 4.86. The van der Waals surface area contributed by atoms with Crippen molar-refractivity contribution < 1.29 is 17.9 Å². The number of aromatic amines is 1. The molecule has 0 saturated heterocycles. The summed E-state index contributed by atoms with van der Waals surface area (Å²) in [5.74, 6) is 0. The molecule has 0 atom stereocenters. The van der Waals surface area contributed by atoms with Gasteiger partial charge in [0.1, 0.15) is 0 Å². The summed E-state index contributed by atoms with van der Waals surface area (Å²) >= 11 is 0. The number of nitrogens with one attached hydrogen (secondary N) is 1. The van der Waals surface area contributed by atoms with Crippen molar-refractivity contribution in [1.82, 2.24) is 5.10 Å². The van der Waals surface area contributed by atoms with Crippen molar-refractivity contribution in [3.8, 4) is 0 Å². The molecule has 0 fully saturated rings. The highest BCUT2D eigenvalue weighted by Gasteiger charge is 2.43. The van der Waals surface area contributed by atoms with Crippen LogP contribution >= 0.6 is 0 Å². The van der Waals surface area contributed by atoms with E-state index < -0.39 is 11.9 Å². The monoisotopic (exact) mass is 221 g/mol. The predicted octanol–water partition coefficient (Wildman–Crippen LogP) is 2.64. The SMILES string of the molecule is CC[n+]1[nH]c(C(C)(C)C)cc1C(F)(F)F. The third kappa shape index (κ3) is 2.52. The van der Waals surface area contributed by atoms with Gasteiger partial charge < -0.3 is 0 Å². The molecule has 1 N–H and O–H groups in total. The molecule has 1 aromatic heterocycles. The summed E-state index contributed by atoms with van der Waals surface area (Å²) in [5, 5.41) is 2.77. The summed E-state index contributed by atoms with van der Waals surface area (Å²) in [4.78, 5) is 0. The van der Waals surface area contributed by atoms with Crippen molar-refractivity contribution in [2.24, 2.45) is 0 Å². The van der Waals surface area contributed by atoms with Gasteiger partial charge in [-0.3, -0.25) is 0 Å². The zero-order chi connectivity index (χ0) is 11.9. The van der Waals surface area contributed by atoms with E-state index >= 15 is 0 Å². The first-order chi connectivity index (χ1) is 6.66. The molecule has 0 spiro atoms. The van der Waals surface area contributed by atoms with Gasteiger partial charge in [-0.1, -0.05) is 20.8 Å². The molecule has 0 radical (unpaired) electrons. The number of rotatable bonds is 1. The van der Waals surface area contributed by atoms with Gasteiger partial charge in [0.05, 0.1) is 5.69 Å². The number of nitrogens with zero attached hydrogens (tertiary/aromatic N) is 1. The molecular weight excluding hydrogens is 205 g/mol. The molecule has 1 aromatic rings. The number of hydrogen-bond donors (Lipinski definition) is 1. The van der Waals surface area contributed by atoms with E-state index in [4.69, 9.17) is 0 Å². The van der Waals surface area contributed by atoms with Crippen molar-refractivity contribution in [3.05, 3.63) is 17.5 Å². The maximum atomic E-state index is 12.6. The van der Waals surface area contributed by atoms with Gasteiger partial charge in [-0.05, 0) is 6.92 Å². The fourth-order valence-corrected chi connectivity index (χ4v) is 1.32. The molecule has 0 aliphatic carbocycles. The molecule has 0 aliphatic rings. The summed E-state index contributed by atoms with van der Waals surface area (Å²) in [6, 6.07) is 1.18. The number of H-pyrrole nitrogens is 1. The van der Waals surface area contributed by atoms with Crippen LogP contribution in [0, 0.1) is 0 Å². The lowest BCUT2D eigenvalue weighted by molar-refractivity contribution is -0.763. The van der Waals surface area contributed by atoms with Gasteiger partial charge in [-0.15, -0.1) is 4.68 Å². The quantitative estimate of drug-likeness (QED) is 0.703. The van der Waals surface area contributed by atoms with E-state index in [0.29, 0.717) is 5.69 Å². The molecule has 0 unspecified atom stereocenters. The van der Waals surface area contributed by atoms with E-state index in [2.05, 4.69) is 5.10 Å². The Hall–Kier alpha value is -1.00. The first kappa shape index (κ1) is 12.1. The summed E-state index contributed by atoms with van der Waals surface area (Å²) in [6.07, 6.45) is -4.30. The Balaban J connectivity index is 3.24. The summed E-state index contributed by atoms with van der Waals surface area (Å²) in [5.41, 5.74) is -0.327. The molecule has 0 aliphatic heterocycles. The standard InChI is InChI=1S/C10H15F3N2/c1-5-15-8(10(11,12)13)6-7(14-15)9(2,3)4/h6H,5H2,1-4H3/p+1. The second-order valence-corrected chi connectivity index (χ2v) is 4.55. The van der Waals surface area contributed by atoms with Gasteiger partial charge in [0, 0.05) is 11.5 Å². The maximum Gasteiger partial charge on any atom is 0.479 e. The van der Waals surface area contributed by atoms with Crippen LogP contribution in [0.4, 0.5) is 13.2 Å². The van der Waals surface area contributed by atoms with Crippen molar-refractivity contribution in [2.45, 2.75) is 45.8 Å². The predicted molar refractivity (Wildman–Crippen MR) is 50.4 cm³/mol. The molecule has 1 heterocycles. The molecule has 0 bridgehead atoms. The largest absolute Gasteiger partial charge is 0.479 e. The van der Waals surface area contributed by atoms with Gasteiger partial charge >= 0.3 is 11.9 Å². The Bertz CT molecular complexity index is 345. The minimum absolute atomic E-state index is 0.283. The Morgan fingerprint density at radius 3 is 2.07 bits per heavy atom. The number of aromatic nitrogens is 2. The van der Waals surface area contributed by atoms with Crippen LogP contribution in [0.2, 0.25) is 0 Å². The Morgan fingerprint density at radius 2 is 1.80 bits per heavy atom. The zero-order valence-electron chi connectivity index (χ0n) is 9.37. The summed E-state index contributed by atoms with van der Waals surface area (Å²) in [6.45, 7) is 7.58. The van der Waals surface area contributed by atoms with Crippen LogP contribution in [0.3, 0.4) is 0 Å². The van der Waals surface area contributed by atoms with Crippen molar-refractivity contribution >= 4 is 0 Å². The smallest absolute Gasteiger partial charge is 0.169 e. The third-order valence-electron chi connectivity index (χ3n) is 2.24. The van der Waals surface area contributed by atoms with Gasteiger partial charge in [-0.25, -0.2) is 0 Å². The van der Waals surface area contributed by atoms with E-state index in [1.54, 1.807) is 6.92 Å². The van der Waals surface area contributed by atoms with Crippen LogP contribution in [-0.2, 0) is 18.1 Å². The van der Waals surface area contributed by atoms with E-state index in [-0.39, 0.29) is 12.0 Å². The first-order valence-electron chi connectivity index (χ1n) is 4.86. The fraction of sp³-hybridized carbons (Fsp3) is 0.700. The number of aryl methyl sites for hydroxylation is 1. The van der Waals surface area contributed by atoms with Crippen LogP contribution in [-0.4, -0.2) is 5.10 Å². The van der Waals surface area contributed by atoms with E-state index in [0.717, 1.165) is 4.68 Å². The molecule has 1 rings (SSSR count). The molecule has 5 heteroatoms. The highest BCUT2D eigenvalue weighted by molar-refractivity contribution is 5.14. The van der Waals surface area contributed by atoms with E-state index in [1.165, 1.54) is 6.07 Å². The van der Waals surface area contributed by atoms with Crippen LogP contribution < -0.4 is 4.68 Å². The van der Waals surface area contributed by atoms with Crippen molar-refractivity contribution in [1.29, 1.82) is 0 Å². The lowest BCUT2D eigenvalue weighted by Gasteiger charge is -2.13. The molecule has 15 heavy (non-hydrogen) atoms. The van der Waals surface area contributed by atoms with E-state index in [9.17, 15) is 13.2 Å². The normalized spacial score (nSPS) is 13.3. The summed E-state index contributed by atoms with van der Waals surface area (Å²) in [7, 11) is 0. The molecule has 0 saturated carbocycles. The number of alkyl halides is 3. The van der Waals surface area contributed by atoms with Crippen molar-refractivity contribution in [2.75, 3.05) is 0 Å². The zero-order valence-corrected chi connectivity index (χ0v) is 9.37. The summed E-state index contributed by atoms with van der Waals surface area (Å²) < 4.78 is 38.9. The highest BCUT2D eigenvalue weighted by atomic mass is 19.4. The minimum Gasteiger partial charge on any atom is -0.169 e. The lowest BCUT2D eigenvalue weighted by Crippen LogP contribution is -2.42. The number of halogens is 3. The molecule has 0 aromatic carbocycles. The highest BCUT2D eigenvalue weighted by Crippen LogP contribution is 2.29. The van der Waals surface area contributed by atoms with Crippen LogP contribution in [0.5, 0.6) is 0 Å². The van der Waals surface area contributed by atoms with Crippen LogP contribution in [0.1, 0.15) is 39.1 Å². The maximum absolute atomic E-state index is 12.6. The molecule has 86 valence electrons. The van der Waals surface area contributed by atoms with E-state index in [1.807, 2.05) is 20.8 Å². The van der Waals surface area contributed by atoms with Gasteiger partial charge in [0.25, 0.3) is 0 Å². The second-order valence-electron chi connectivity index (χ2n) is 4.55. The van der Waals surface area contributed by atoms with Crippen LogP contribution in [0.25, 0.3) is 0 Å². The fourth-order valence-electron chi connectivity index (χ4n) is 1.32. The third-order valence-corrected chi connectivity index (χ3v) is 2.24. The lowest BCUT2D eigenvalue weighted by atomic mass is 9.92. The number of hydrogen-bond acceptors (Lipinski definition) is 0. The second kappa shape index (κ2) is 3.54. The average molecular weight is 221 g/mol. The Labute approximate surface area is 87.1 Å². The average Bonchev–Trinajstić information content (AvgIpc) is 2.44. The molecule has 0 amide bonds. The Morgan fingerprint density at radius 1 is 1.27 bits per heavy atom.